The molecule has 0 aliphatic carbocycles. The minimum Gasteiger partial charge on any atom is -0.465 e. The Morgan fingerprint density at radius 3 is 2.48 bits per heavy atom. The van der Waals surface area contributed by atoms with Crippen LogP contribution in [0.1, 0.15) is 42.4 Å². The Morgan fingerprint density at radius 2 is 1.92 bits per heavy atom. The van der Waals surface area contributed by atoms with Gasteiger partial charge in [0.25, 0.3) is 0 Å². The van der Waals surface area contributed by atoms with Crippen LogP contribution in [0.4, 0.5) is 5.95 Å². The number of benzene rings is 1. The number of hydrogen-bond acceptors (Lipinski definition) is 6. The van der Waals surface area contributed by atoms with E-state index < -0.39 is 0 Å². The standard InChI is InChI=1S/C19H22N4O2/c1-19(2,3)13-23(18-21-10-9-16(11-20)22-18)12-14-5-7-15(8-6-14)17(24)25-4/h5-10H,12-13H2,1-4H3. The van der Waals surface area contributed by atoms with E-state index in [4.69, 9.17) is 10.00 Å². The third kappa shape index (κ3) is 5.28. The van der Waals surface area contributed by atoms with Crippen LogP contribution in [-0.4, -0.2) is 29.6 Å². The second-order valence-electron chi connectivity index (χ2n) is 6.96. The Bertz CT molecular complexity index is 773. The molecule has 6 nitrogen and oxygen atoms in total. The summed E-state index contributed by atoms with van der Waals surface area (Å²) in [6.07, 6.45) is 1.59. The molecule has 0 saturated carbocycles. The lowest BCUT2D eigenvalue weighted by Crippen LogP contribution is -2.33. The first-order chi connectivity index (χ1) is 11.8. The maximum absolute atomic E-state index is 11.5. The molecule has 0 spiro atoms. The number of anilines is 1. The highest BCUT2D eigenvalue weighted by atomic mass is 16.5. The zero-order valence-corrected chi connectivity index (χ0v) is 15.0. The van der Waals surface area contributed by atoms with Crippen LogP contribution in [0.5, 0.6) is 0 Å². The molecule has 0 radical (unpaired) electrons. The van der Waals surface area contributed by atoms with Gasteiger partial charge in [-0.05, 0) is 29.2 Å². The van der Waals surface area contributed by atoms with Gasteiger partial charge in [0, 0.05) is 19.3 Å². The summed E-state index contributed by atoms with van der Waals surface area (Å²) >= 11 is 0. The van der Waals surface area contributed by atoms with Crippen molar-refractivity contribution >= 4 is 11.9 Å². The van der Waals surface area contributed by atoms with E-state index in [9.17, 15) is 4.79 Å². The first-order valence-electron chi connectivity index (χ1n) is 7.98. The summed E-state index contributed by atoms with van der Waals surface area (Å²) in [5.74, 6) is 0.161. The fourth-order valence-electron chi connectivity index (χ4n) is 2.42. The van der Waals surface area contributed by atoms with Crippen LogP contribution in [-0.2, 0) is 11.3 Å². The zero-order chi connectivity index (χ0) is 18.4. The van der Waals surface area contributed by atoms with Crippen molar-refractivity contribution in [3.63, 3.8) is 0 Å². The zero-order valence-electron chi connectivity index (χ0n) is 15.0. The number of carbonyl (C=O) groups is 1. The molecule has 0 fully saturated rings. The van der Waals surface area contributed by atoms with E-state index in [-0.39, 0.29) is 11.4 Å². The van der Waals surface area contributed by atoms with Crippen LogP contribution in [0.2, 0.25) is 0 Å². The van der Waals surface area contributed by atoms with Crippen LogP contribution in [0.3, 0.4) is 0 Å². The largest absolute Gasteiger partial charge is 0.465 e. The van der Waals surface area contributed by atoms with Gasteiger partial charge in [-0.3, -0.25) is 0 Å². The predicted molar refractivity (Wildman–Crippen MR) is 95.0 cm³/mol. The van der Waals surface area contributed by atoms with E-state index in [1.54, 1.807) is 24.4 Å². The number of ether oxygens (including phenoxy) is 1. The van der Waals surface area contributed by atoms with Crippen molar-refractivity contribution < 1.29 is 9.53 Å². The van der Waals surface area contributed by atoms with Crippen LogP contribution in [0.15, 0.2) is 36.5 Å². The minimum absolute atomic E-state index is 0.0258. The van der Waals surface area contributed by atoms with Crippen LogP contribution in [0, 0.1) is 16.7 Å². The smallest absolute Gasteiger partial charge is 0.337 e. The van der Waals surface area contributed by atoms with Crippen molar-refractivity contribution in [2.75, 3.05) is 18.6 Å². The molecule has 1 aromatic heterocycles. The summed E-state index contributed by atoms with van der Waals surface area (Å²) in [6, 6.07) is 10.9. The summed E-state index contributed by atoms with van der Waals surface area (Å²) in [6.45, 7) is 7.70. The van der Waals surface area contributed by atoms with E-state index in [0.29, 0.717) is 23.8 Å². The van der Waals surface area contributed by atoms with Gasteiger partial charge in [0.1, 0.15) is 11.8 Å². The molecule has 0 saturated heterocycles. The van der Waals surface area contributed by atoms with Crippen molar-refractivity contribution in [2.45, 2.75) is 27.3 Å². The minimum atomic E-state index is -0.358. The number of carbonyl (C=O) groups excluding carboxylic acids is 1. The molecule has 0 N–H and O–H groups in total. The SMILES string of the molecule is COC(=O)c1ccc(CN(CC(C)(C)C)c2nccc(C#N)n2)cc1. The predicted octanol–water partition coefficient (Wildman–Crippen LogP) is 3.19. The number of esters is 1. The Labute approximate surface area is 148 Å². The second-order valence-corrected chi connectivity index (χ2v) is 6.96. The van der Waals surface area contributed by atoms with Gasteiger partial charge in [0.15, 0.2) is 0 Å². The van der Waals surface area contributed by atoms with Crippen molar-refractivity contribution in [3.05, 3.63) is 53.3 Å². The monoisotopic (exact) mass is 338 g/mol. The molecule has 0 amide bonds. The third-order valence-electron chi connectivity index (χ3n) is 3.45. The highest BCUT2D eigenvalue weighted by molar-refractivity contribution is 5.89. The molecular weight excluding hydrogens is 316 g/mol. The maximum Gasteiger partial charge on any atom is 0.337 e. The first kappa shape index (κ1) is 18.4. The molecule has 0 unspecified atom stereocenters. The van der Waals surface area contributed by atoms with E-state index in [1.807, 2.05) is 23.1 Å². The summed E-state index contributed by atoms with van der Waals surface area (Å²) < 4.78 is 4.72. The molecule has 2 rings (SSSR count). The van der Waals surface area contributed by atoms with Gasteiger partial charge in [-0.1, -0.05) is 32.9 Å². The van der Waals surface area contributed by atoms with Crippen molar-refractivity contribution in [3.8, 4) is 6.07 Å². The quantitative estimate of drug-likeness (QED) is 0.779. The number of methoxy groups -OCH3 is 1. The summed E-state index contributed by atoms with van der Waals surface area (Å²) in [7, 11) is 1.36. The Balaban J connectivity index is 2.27. The van der Waals surface area contributed by atoms with Gasteiger partial charge in [-0.25, -0.2) is 14.8 Å². The molecule has 0 aliphatic heterocycles. The lowest BCUT2D eigenvalue weighted by molar-refractivity contribution is 0.0600. The lowest BCUT2D eigenvalue weighted by Gasteiger charge is -2.30. The van der Waals surface area contributed by atoms with Crippen LogP contribution >= 0.6 is 0 Å². The molecule has 0 atom stereocenters. The molecule has 1 heterocycles. The fourth-order valence-corrected chi connectivity index (χ4v) is 2.42. The van der Waals surface area contributed by atoms with Crippen LogP contribution < -0.4 is 4.90 Å². The normalized spacial score (nSPS) is 10.8. The Kier molecular flexibility index (Phi) is 5.71. The van der Waals surface area contributed by atoms with Crippen molar-refractivity contribution in [2.24, 2.45) is 5.41 Å². The molecule has 6 heteroatoms. The highest BCUT2D eigenvalue weighted by Crippen LogP contribution is 2.21. The summed E-state index contributed by atoms with van der Waals surface area (Å²) in [4.78, 5) is 22.2. The number of nitriles is 1. The topological polar surface area (TPSA) is 79.1 Å². The van der Waals surface area contributed by atoms with E-state index in [0.717, 1.165) is 12.1 Å². The van der Waals surface area contributed by atoms with Crippen molar-refractivity contribution in [1.82, 2.24) is 9.97 Å². The van der Waals surface area contributed by atoms with E-state index >= 15 is 0 Å². The van der Waals surface area contributed by atoms with Gasteiger partial charge >= 0.3 is 5.97 Å². The van der Waals surface area contributed by atoms with Crippen molar-refractivity contribution in [1.29, 1.82) is 5.26 Å². The van der Waals surface area contributed by atoms with E-state index in [1.165, 1.54) is 7.11 Å². The van der Waals surface area contributed by atoms with Crippen LogP contribution in [0.25, 0.3) is 0 Å². The average molecular weight is 338 g/mol. The second kappa shape index (κ2) is 7.75. The number of nitrogens with zero attached hydrogens (tertiary/aromatic N) is 4. The highest BCUT2D eigenvalue weighted by Gasteiger charge is 2.19. The molecule has 1 aromatic carbocycles. The van der Waals surface area contributed by atoms with Gasteiger partial charge in [0.05, 0.1) is 12.7 Å². The number of rotatable bonds is 5. The maximum atomic E-state index is 11.5. The molecule has 130 valence electrons. The molecule has 0 aliphatic rings. The first-order valence-corrected chi connectivity index (χ1v) is 7.98. The molecule has 2 aromatic rings. The van der Waals surface area contributed by atoms with Gasteiger partial charge in [-0.2, -0.15) is 5.26 Å². The average Bonchev–Trinajstić information content (AvgIpc) is 2.60. The molecule has 25 heavy (non-hydrogen) atoms. The van der Waals surface area contributed by atoms with Gasteiger partial charge < -0.3 is 9.64 Å². The van der Waals surface area contributed by atoms with Gasteiger partial charge in [-0.15, -0.1) is 0 Å². The Hall–Kier alpha value is -2.94. The summed E-state index contributed by atoms with van der Waals surface area (Å²) in [5.41, 5.74) is 1.89. The fraction of sp³-hybridized carbons (Fsp3) is 0.368. The Morgan fingerprint density at radius 1 is 1.24 bits per heavy atom. The number of aromatic nitrogens is 2. The summed E-state index contributed by atoms with van der Waals surface area (Å²) in [5, 5.41) is 9.07. The van der Waals surface area contributed by atoms with E-state index in [2.05, 4.69) is 30.7 Å². The number of hydrogen-bond donors (Lipinski definition) is 0. The van der Waals surface area contributed by atoms with Gasteiger partial charge in [0.2, 0.25) is 5.95 Å². The third-order valence-corrected chi connectivity index (χ3v) is 3.45. The lowest BCUT2D eigenvalue weighted by atomic mass is 9.96. The molecular formula is C19H22N4O2. The molecule has 0 bridgehead atoms.